The van der Waals surface area contributed by atoms with E-state index in [1.165, 1.54) is 5.56 Å². The van der Waals surface area contributed by atoms with Crippen molar-refractivity contribution in [2.75, 3.05) is 13.1 Å². The number of likely N-dealkylation sites (N-methyl/N-ethyl adjacent to an activating group) is 1. The molecule has 0 N–H and O–H groups in total. The fraction of sp³-hybridized carbons (Fsp3) is 0.538. The van der Waals surface area contributed by atoms with Gasteiger partial charge in [-0.3, -0.25) is 4.90 Å². The van der Waals surface area contributed by atoms with Gasteiger partial charge < -0.3 is 0 Å². The molecule has 0 aliphatic carbocycles. The average Bonchev–Trinajstić information content (AvgIpc) is 2.28. The highest BCUT2D eigenvalue weighted by Crippen LogP contribution is 2.23. The van der Waals surface area contributed by atoms with Crippen LogP contribution >= 0.6 is 0 Å². The summed E-state index contributed by atoms with van der Waals surface area (Å²) in [5.74, 6) is 0.0000954. The van der Waals surface area contributed by atoms with Crippen LogP contribution < -0.4 is 0 Å². The highest BCUT2D eigenvalue weighted by Gasteiger charge is 2.18. The Morgan fingerprint density at radius 3 is 2.80 bits per heavy atom. The lowest BCUT2D eigenvalue weighted by atomic mass is 9.96. The monoisotopic (exact) mass is 207 g/mol. The van der Waals surface area contributed by atoms with E-state index >= 15 is 0 Å². The van der Waals surface area contributed by atoms with E-state index in [4.69, 9.17) is 0 Å². The minimum atomic E-state index is 0.0000954. The van der Waals surface area contributed by atoms with Crippen molar-refractivity contribution in [3.8, 4) is 0 Å². The number of nitrogens with zero attached hydrogens (tertiary/aromatic N) is 1. The molecule has 0 saturated carbocycles. The second-order valence-corrected chi connectivity index (χ2v) is 4.19. The predicted molar refractivity (Wildman–Crippen MR) is 60.4 cm³/mol. The lowest BCUT2D eigenvalue weighted by molar-refractivity contribution is 0.265. The van der Waals surface area contributed by atoms with Crippen molar-refractivity contribution in [1.82, 2.24) is 4.90 Å². The second-order valence-electron chi connectivity index (χ2n) is 4.19. The Kier molecular flexibility index (Phi) is 3.06. The molecule has 1 aliphatic heterocycles. The lowest BCUT2D eigenvalue weighted by Gasteiger charge is -2.28. The van der Waals surface area contributed by atoms with Gasteiger partial charge in [-0.25, -0.2) is 4.39 Å². The number of hydrogen-bond donors (Lipinski definition) is 0. The SMILES string of the molecule is CCc1cc(F)c2c(c1)CN(CC)CC2. The van der Waals surface area contributed by atoms with Crippen molar-refractivity contribution in [2.24, 2.45) is 0 Å². The van der Waals surface area contributed by atoms with E-state index in [9.17, 15) is 4.39 Å². The van der Waals surface area contributed by atoms with E-state index in [-0.39, 0.29) is 5.82 Å². The van der Waals surface area contributed by atoms with Crippen molar-refractivity contribution in [3.63, 3.8) is 0 Å². The van der Waals surface area contributed by atoms with E-state index in [0.29, 0.717) is 0 Å². The molecule has 2 rings (SSSR count). The van der Waals surface area contributed by atoms with Gasteiger partial charge in [0.05, 0.1) is 0 Å². The summed E-state index contributed by atoms with van der Waals surface area (Å²) in [6, 6.07) is 3.86. The molecule has 0 spiro atoms. The molecule has 15 heavy (non-hydrogen) atoms. The van der Waals surface area contributed by atoms with Crippen LogP contribution in [-0.4, -0.2) is 18.0 Å². The summed E-state index contributed by atoms with van der Waals surface area (Å²) in [4.78, 5) is 2.36. The van der Waals surface area contributed by atoms with Crippen LogP contribution in [0.1, 0.15) is 30.5 Å². The molecular formula is C13H18FN. The smallest absolute Gasteiger partial charge is 0.127 e. The van der Waals surface area contributed by atoms with E-state index in [2.05, 4.69) is 24.8 Å². The predicted octanol–water partition coefficient (Wildman–Crippen LogP) is 2.77. The highest BCUT2D eigenvalue weighted by molar-refractivity contribution is 5.35. The molecule has 0 aromatic heterocycles. The van der Waals surface area contributed by atoms with E-state index in [1.807, 2.05) is 0 Å². The maximum atomic E-state index is 13.7. The van der Waals surface area contributed by atoms with Gasteiger partial charge in [0.1, 0.15) is 5.82 Å². The van der Waals surface area contributed by atoms with Gasteiger partial charge >= 0.3 is 0 Å². The van der Waals surface area contributed by atoms with Crippen LogP contribution in [0.3, 0.4) is 0 Å². The summed E-state index contributed by atoms with van der Waals surface area (Å²) in [6.45, 7) is 7.19. The van der Waals surface area contributed by atoms with E-state index < -0.39 is 0 Å². The summed E-state index contributed by atoms with van der Waals surface area (Å²) in [5, 5.41) is 0. The molecule has 0 amide bonds. The number of rotatable bonds is 2. The number of hydrogen-bond acceptors (Lipinski definition) is 1. The minimum Gasteiger partial charge on any atom is -0.299 e. The largest absolute Gasteiger partial charge is 0.299 e. The zero-order chi connectivity index (χ0) is 10.8. The molecule has 0 fully saturated rings. The van der Waals surface area contributed by atoms with E-state index in [1.54, 1.807) is 6.07 Å². The Balaban J connectivity index is 2.35. The van der Waals surface area contributed by atoms with Crippen LogP contribution in [0.5, 0.6) is 0 Å². The lowest BCUT2D eigenvalue weighted by Crippen LogP contribution is -2.30. The van der Waals surface area contributed by atoms with Gasteiger partial charge in [0.25, 0.3) is 0 Å². The van der Waals surface area contributed by atoms with Crippen molar-refractivity contribution in [2.45, 2.75) is 33.2 Å². The molecule has 82 valence electrons. The van der Waals surface area contributed by atoms with Gasteiger partial charge in [-0.05, 0) is 42.1 Å². The van der Waals surface area contributed by atoms with Crippen molar-refractivity contribution in [1.29, 1.82) is 0 Å². The maximum absolute atomic E-state index is 13.7. The fourth-order valence-electron chi connectivity index (χ4n) is 2.24. The van der Waals surface area contributed by atoms with Crippen LogP contribution in [0.4, 0.5) is 4.39 Å². The molecule has 0 atom stereocenters. The normalized spacial score (nSPS) is 16.5. The zero-order valence-electron chi connectivity index (χ0n) is 9.52. The van der Waals surface area contributed by atoms with Gasteiger partial charge in [0, 0.05) is 13.1 Å². The molecular weight excluding hydrogens is 189 g/mol. The zero-order valence-corrected chi connectivity index (χ0v) is 9.52. The van der Waals surface area contributed by atoms with Crippen LogP contribution in [0.25, 0.3) is 0 Å². The molecule has 1 heterocycles. The highest BCUT2D eigenvalue weighted by atomic mass is 19.1. The fourth-order valence-corrected chi connectivity index (χ4v) is 2.24. The molecule has 1 nitrogen and oxygen atoms in total. The Bertz CT molecular complexity index is 360. The quantitative estimate of drug-likeness (QED) is 0.720. The van der Waals surface area contributed by atoms with Gasteiger partial charge in [-0.2, -0.15) is 0 Å². The molecule has 2 heteroatoms. The second kappa shape index (κ2) is 4.31. The maximum Gasteiger partial charge on any atom is 0.127 e. The summed E-state index contributed by atoms with van der Waals surface area (Å²) >= 11 is 0. The molecule has 0 saturated heterocycles. The molecule has 1 aromatic carbocycles. The first-order chi connectivity index (χ1) is 7.24. The molecule has 1 aliphatic rings. The van der Waals surface area contributed by atoms with Gasteiger partial charge in [0.2, 0.25) is 0 Å². The minimum absolute atomic E-state index is 0.0000954. The molecule has 1 aromatic rings. The van der Waals surface area contributed by atoms with Crippen LogP contribution in [-0.2, 0) is 19.4 Å². The Morgan fingerprint density at radius 2 is 2.13 bits per heavy atom. The number of aryl methyl sites for hydroxylation is 1. The Labute approximate surface area is 90.9 Å². The topological polar surface area (TPSA) is 3.24 Å². The van der Waals surface area contributed by atoms with Crippen LogP contribution in [0.15, 0.2) is 12.1 Å². The van der Waals surface area contributed by atoms with Crippen molar-refractivity contribution >= 4 is 0 Å². The standard InChI is InChI=1S/C13H18FN/c1-3-10-7-11-9-15(4-2)6-5-12(11)13(14)8-10/h7-8H,3-6,9H2,1-2H3. The average molecular weight is 207 g/mol. The molecule has 0 bridgehead atoms. The Morgan fingerprint density at radius 1 is 1.33 bits per heavy atom. The Hall–Kier alpha value is -0.890. The van der Waals surface area contributed by atoms with Crippen molar-refractivity contribution in [3.05, 3.63) is 34.6 Å². The third-order valence-electron chi connectivity index (χ3n) is 3.28. The summed E-state index contributed by atoms with van der Waals surface area (Å²) in [5.41, 5.74) is 3.25. The first-order valence-corrected chi connectivity index (χ1v) is 5.77. The first kappa shape index (κ1) is 10.6. The summed E-state index contributed by atoms with van der Waals surface area (Å²) < 4.78 is 13.7. The molecule has 0 unspecified atom stereocenters. The summed E-state index contributed by atoms with van der Waals surface area (Å²) in [6.07, 6.45) is 1.77. The van der Waals surface area contributed by atoms with Crippen LogP contribution in [0.2, 0.25) is 0 Å². The van der Waals surface area contributed by atoms with Gasteiger partial charge in [-0.15, -0.1) is 0 Å². The van der Waals surface area contributed by atoms with Gasteiger partial charge in [0.15, 0.2) is 0 Å². The summed E-state index contributed by atoms with van der Waals surface area (Å²) in [7, 11) is 0. The third kappa shape index (κ3) is 2.05. The third-order valence-corrected chi connectivity index (χ3v) is 3.28. The first-order valence-electron chi connectivity index (χ1n) is 5.77. The van der Waals surface area contributed by atoms with Crippen LogP contribution in [0, 0.1) is 5.82 Å². The number of halogens is 1. The molecule has 0 radical (unpaired) electrons. The van der Waals surface area contributed by atoms with Crippen molar-refractivity contribution < 1.29 is 4.39 Å². The van der Waals surface area contributed by atoms with Gasteiger partial charge in [-0.1, -0.05) is 19.9 Å². The van der Waals surface area contributed by atoms with E-state index in [0.717, 1.165) is 43.6 Å². The number of benzene rings is 1. The number of fused-ring (bicyclic) bond motifs is 1.